The molecule has 0 aliphatic rings. The molecule has 1 aromatic heterocycles. The number of aromatic nitrogens is 1. The van der Waals surface area contributed by atoms with E-state index in [1.54, 1.807) is 19.4 Å². The lowest BCUT2D eigenvalue weighted by molar-refractivity contribution is -0.119. The van der Waals surface area contributed by atoms with Crippen molar-refractivity contribution in [2.24, 2.45) is 0 Å². The number of nitrogens with one attached hydrogen (secondary N) is 2. The molecule has 0 unspecified atom stereocenters. The van der Waals surface area contributed by atoms with E-state index in [1.165, 1.54) is 0 Å². The van der Waals surface area contributed by atoms with Gasteiger partial charge in [-0.1, -0.05) is 0 Å². The van der Waals surface area contributed by atoms with E-state index < -0.39 is 0 Å². The minimum absolute atomic E-state index is 0.0988. The topological polar surface area (TPSA) is 89.3 Å². The molecule has 0 fully saturated rings. The average Bonchev–Trinajstić information content (AvgIpc) is 2.31. The second-order valence-corrected chi connectivity index (χ2v) is 3.62. The maximum absolute atomic E-state index is 11.4. The molecule has 0 aromatic carbocycles. The first-order chi connectivity index (χ1) is 8.13. The standard InChI is InChI=1S/C11H18N4O2/c1-8-5-10(14-6-9(8)12)15-7-11(16)13-3-4-17-2/h5-6H,3-4,7,12H2,1-2H3,(H,13,16)(H,14,15). The van der Waals surface area contributed by atoms with E-state index in [1.807, 2.05) is 6.92 Å². The number of carbonyl (C=O) groups excluding carboxylic acids is 1. The summed E-state index contributed by atoms with van der Waals surface area (Å²) >= 11 is 0. The van der Waals surface area contributed by atoms with Crippen LogP contribution in [0.25, 0.3) is 0 Å². The molecule has 17 heavy (non-hydrogen) atoms. The molecule has 4 N–H and O–H groups in total. The third-order valence-corrected chi connectivity index (χ3v) is 2.21. The monoisotopic (exact) mass is 238 g/mol. The SMILES string of the molecule is COCCNC(=O)CNc1cc(C)c(N)cn1. The highest BCUT2D eigenvalue weighted by molar-refractivity contribution is 5.80. The Morgan fingerprint density at radius 2 is 2.35 bits per heavy atom. The van der Waals surface area contributed by atoms with Crippen molar-refractivity contribution in [3.63, 3.8) is 0 Å². The van der Waals surface area contributed by atoms with Crippen molar-refractivity contribution in [3.05, 3.63) is 17.8 Å². The number of hydrogen-bond acceptors (Lipinski definition) is 5. The van der Waals surface area contributed by atoms with Crippen LogP contribution in [0.5, 0.6) is 0 Å². The van der Waals surface area contributed by atoms with Crippen LogP contribution in [0.15, 0.2) is 12.3 Å². The second-order valence-electron chi connectivity index (χ2n) is 3.62. The fraction of sp³-hybridized carbons (Fsp3) is 0.455. The molecule has 6 heteroatoms. The quantitative estimate of drug-likeness (QED) is 0.614. The molecule has 0 spiro atoms. The summed E-state index contributed by atoms with van der Waals surface area (Å²) in [6, 6.07) is 1.80. The fourth-order valence-electron chi connectivity index (χ4n) is 1.19. The predicted molar refractivity (Wildman–Crippen MR) is 66.8 cm³/mol. The van der Waals surface area contributed by atoms with Crippen LogP contribution in [-0.2, 0) is 9.53 Å². The summed E-state index contributed by atoms with van der Waals surface area (Å²) in [6.07, 6.45) is 1.57. The summed E-state index contributed by atoms with van der Waals surface area (Å²) in [7, 11) is 1.59. The van der Waals surface area contributed by atoms with Gasteiger partial charge >= 0.3 is 0 Å². The minimum atomic E-state index is -0.0988. The van der Waals surface area contributed by atoms with Gasteiger partial charge in [-0.3, -0.25) is 4.79 Å². The van der Waals surface area contributed by atoms with E-state index in [4.69, 9.17) is 10.5 Å². The molecule has 1 rings (SSSR count). The molecule has 0 radical (unpaired) electrons. The van der Waals surface area contributed by atoms with Crippen molar-refractivity contribution in [2.45, 2.75) is 6.92 Å². The van der Waals surface area contributed by atoms with Gasteiger partial charge in [0.1, 0.15) is 5.82 Å². The number of hydrogen-bond donors (Lipinski definition) is 3. The molecule has 1 amide bonds. The van der Waals surface area contributed by atoms with Gasteiger partial charge in [-0.25, -0.2) is 4.98 Å². The van der Waals surface area contributed by atoms with Gasteiger partial charge in [0.2, 0.25) is 5.91 Å². The zero-order chi connectivity index (χ0) is 12.7. The Morgan fingerprint density at radius 1 is 1.59 bits per heavy atom. The summed E-state index contributed by atoms with van der Waals surface area (Å²) in [5, 5.41) is 5.62. The van der Waals surface area contributed by atoms with E-state index >= 15 is 0 Å². The highest BCUT2D eigenvalue weighted by atomic mass is 16.5. The first-order valence-electron chi connectivity index (χ1n) is 5.35. The van der Waals surface area contributed by atoms with E-state index in [0.29, 0.717) is 24.7 Å². The van der Waals surface area contributed by atoms with Crippen LogP contribution in [0.2, 0.25) is 0 Å². The highest BCUT2D eigenvalue weighted by Crippen LogP contribution is 2.12. The Kier molecular flexibility index (Phi) is 5.22. The number of carbonyl (C=O) groups is 1. The van der Waals surface area contributed by atoms with Gasteiger partial charge < -0.3 is 21.1 Å². The van der Waals surface area contributed by atoms with Crippen molar-refractivity contribution in [1.82, 2.24) is 10.3 Å². The van der Waals surface area contributed by atoms with Gasteiger partial charge in [-0.15, -0.1) is 0 Å². The molecule has 0 atom stereocenters. The Balaban J connectivity index is 2.34. The minimum Gasteiger partial charge on any atom is -0.397 e. The smallest absolute Gasteiger partial charge is 0.239 e. The summed E-state index contributed by atoms with van der Waals surface area (Å²) in [4.78, 5) is 15.4. The maximum Gasteiger partial charge on any atom is 0.239 e. The Labute approximate surface area is 101 Å². The van der Waals surface area contributed by atoms with E-state index in [0.717, 1.165) is 5.56 Å². The summed E-state index contributed by atoms with van der Waals surface area (Å²) in [6.45, 7) is 3.08. The molecule has 94 valence electrons. The van der Waals surface area contributed by atoms with Gasteiger partial charge in [0, 0.05) is 13.7 Å². The number of methoxy groups -OCH3 is 1. The maximum atomic E-state index is 11.4. The lowest BCUT2D eigenvalue weighted by atomic mass is 10.2. The van der Waals surface area contributed by atoms with Crippen LogP contribution in [-0.4, -0.2) is 37.7 Å². The lowest BCUT2D eigenvalue weighted by Gasteiger charge is -2.08. The van der Waals surface area contributed by atoms with Crippen molar-refractivity contribution < 1.29 is 9.53 Å². The second kappa shape index (κ2) is 6.70. The van der Waals surface area contributed by atoms with Crippen LogP contribution in [0.1, 0.15) is 5.56 Å². The number of nitrogens with two attached hydrogens (primary N) is 1. The zero-order valence-electron chi connectivity index (χ0n) is 10.1. The average molecular weight is 238 g/mol. The Hall–Kier alpha value is -1.82. The number of nitrogen functional groups attached to an aromatic ring is 1. The summed E-state index contributed by atoms with van der Waals surface area (Å²) < 4.78 is 4.82. The molecule has 6 nitrogen and oxygen atoms in total. The molecule has 0 bridgehead atoms. The lowest BCUT2D eigenvalue weighted by Crippen LogP contribution is -2.32. The molecule has 0 saturated heterocycles. The van der Waals surface area contributed by atoms with Gasteiger partial charge in [-0.2, -0.15) is 0 Å². The van der Waals surface area contributed by atoms with E-state index in [2.05, 4.69) is 15.6 Å². The van der Waals surface area contributed by atoms with Crippen molar-refractivity contribution in [2.75, 3.05) is 37.9 Å². The normalized spacial score (nSPS) is 10.0. The molecule has 0 aliphatic carbocycles. The van der Waals surface area contributed by atoms with E-state index in [9.17, 15) is 4.79 Å². The first kappa shape index (κ1) is 13.2. The van der Waals surface area contributed by atoms with Gasteiger partial charge in [-0.05, 0) is 18.6 Å². The molecule has 1 aromatic rings. The highest BCUT2D eigenvalue weighted by Gasteiger charge is 2.02. The molecular formula is C11H18N4O2. The van der Waals surface area contributed by atoms with Crippen molar-refractivity contribution in [3.8, 4) is 0 Å². The number of rotatable bonds is 6. The first-order valence-corrected chi connectivity index (χ1v) is 5.35. The number of amides is 1. The third kappa shape index (κ3) is 4.69. The van der Waals surface area contributed by atoms with Crippen LogP contribution in [0.4, 0.5) is 11.5 Å². The van der Waals surface area contributed by atoms with Crippen LogP contribution >= 0.6 is 0 Å². The molecule has 0 saturated carbocycles. The number of pyridine rings is 1. The van der Waals surface area contributed by atoms with E-state index in [-0.39, 0.29) is 12.5 Å². The van der Waals surface area contributed by atoms with Crippen LogP contribution in [0, 0.1) is 6.92 Å². The molecular weight excluding hydrogens is 220 g/mol. The van der Waals surface area contributed by atoms with Gasteiger partial charge in [0.05, 0.1) is 25.0 Å². The molecule has 1 heterocycles. The summed E-state index contributed by atoms with van der Waals surface area (Å²) in [5.41, 5.74) is 7.21. The number of nitrogens with zero attached hydrogens (tertiary/aromatic N) is 1. The van der Waals surface area contributed by atoms with Crippen LogP contribution < -0.4 is 16.4 Å². The largest absolute Gasteiger partial charge is 0.397 e. The Bertz CT molecular complexity index is 382. The number of aryl methyl sites for hydroxylation is 1. The number of anilines is 2. The third-order valence-electron chi connectivity index (χ3n) is 2.21. The van der Waals surface area contributed by atoms with Crippen molar-refractivity contribution >= 4 is 17.4 Å². The molecule has 0 aliphatic heterocycles. The van der Waals surface area contributed by atoms with Crippen molar-refractivity contribution in [1.29, 1.82) is 0 Å². The number of ether oxygens (including phenoxy) is 1. The van der Waals surface area contributed by atoms with Crippen LogP contribution in [0.3, 0.4) is 0 Å². The Morgan fingerprint density at radius 3 is 3.00 bits per heavy atom. The van der Waals surface area contributed by atoms with Gasteiger partial charge in [0.15, 0.2) is 0 Å². The fourth-order valence-corrected chi connectivity index (χ4v) is 1.19. The predicted octanol–water partition coefficient (Wildman–Crippen LogP) is 0.147. The summed E-state index contributed by atoms with van der Waals surface area (Å²) in [5.74, 6) is 0.539. The van der Waals surface area contributed by atoms with Gasteiger partial charge in [0.25, 0.3) is 0 Å². The zero-order valence-corrected chi connectivity index (χ0v) is 10.1.